The van der Waals surface area contributed by atoms with E-state index >= 15 is 0 Å². The molecule has 5 rings (SSSR count). The highest BCUT2D eigenvalue weighted by Crippen LogP contribution is 2.47. The predicted octanol–water partition coefficient (Wildman–Crippen LogP) is 4.71. The van der Waals surface area contributed by atoms with Crippen molar-refractivity contribution < 1.29 is 17.2 Å². The fraction of sp³-hybridized carbons (Fsp3) is 0.391. The maximum atomic E-state index is 14.2. The van der Waals surface area contributed by atoms with Crippen LogP contribution < -0.4 is 5.32 Å². The van der Waals surface area contributed by atoms with Gasteiger partial charge in [-0.15, -0.1) is 0 Å². The summed E-state index contributed by atoms with van der Waals surface area (Å²) in [5.74, 6) is 0.187. The van der Waals surface area contributed by atoms with Crippen LogP contribution in [-0.2, 0) is 15.4 Å². The Morgan fingerprint density at radius 2 is 1.91 bits per heavy atom. The van der Waals surface area contributed by atoms with Crippen molar-refractivity contribution >= 4 is 15.5 Å². The fourth-order valence-electron chi connectivity index (χ4n) is 4.98. The van der Waals surface area contributed by atoms with Gasteiger partial charge in [0, 0.05) is 12.1 Å². The van der Waals surface area contributed by atoms with Gasteiger partial charge in [0.25, 0.3) is 0 Å². The quantitative estimate of drug-likeness (QED) is 0.615. The van der Waals surface area contributed by atoms with Crippen molar-refractivity contribution in [2.75, 3.05) is 5.32 Å². The van der Waals surface area contributed by atoms with Crippen LogP contribution in [0.2, 0.25) is 0 Å². The molecule has 168 valence electrons. The molecule has 1 aromatic carbocycles. The average Bonchev–Trinajstić information content (AvgIpc) is 3.23. The molecular weight excluding hydrogens is 434 g/mol. The molecule has 0 amide bonds. The standard InChI is InChI=1S/C23H24F2N4O2S/c1-14(2)21-27-13-20-23(28-18-4-3-11-26-22(18)29(20)21)9-7-16(8-10-23)32(30,31)19-12-15(24)5-6-17(19)25/h3-6,11-14,16,28H,7-10H2,1-2H3. The monoisotopic (exact) mass is 458 g/mol. The third-order valence-corrected chi connectivity index (χ3v) is 8.87. The molecule has 0 unspecified atom stereocenters. The second-order valence-electron chi connectivity index (χ2n) is 8.89. The maximum Gasteiger partial charge on any atom is 0.184 e. The average molecular weight is 459 g/mol. The van der Waals surface area contributed by atoms with Crippen molar-refractivity contribution in [1.29, 1.82) is 0 Å². The molecule has 3 aromatic rings. The maximum absolute atomic E-state index is 14.2. The lowest BCUT2D eigenvalue weighted by molar-refractivity contribution is 0.313. The summed E-state index contributed by atoms with van der Waals surface area (Å²) in [6.45, 7) is 4.15. The van der Waals surface area contributed by atoms with E-state index in [-0.39, 0.29) is 5.92 Å². The Morgan fingerprint density at radius 1 is 1.16 bits per heavy atom. The zero-order valence-electron chi connectivity index (χ0n) is 17.8. The van der Waals surface area contributed by atoms with Crippen molar-refractivity contribution in [2.45, 2.75) is 61.1 Å². The van der Waals surface area contributed by atoms with Gasteiger partial charge < -0.3 is 5.32 Å². The normalized spacial score (nSPS) is 22.5. The van der Waals surface area contributed by atoms with E-state index in [9.17, 15) is 17.2 Å². The molecule has 1 saturated carbocycles. The number of imidazole rings is 1. The minimum absolute atomic E-state index is 0.182. The molecule has 0 radical (unpaired) electrons. The largest absolute Gasteiger partial charge is 0.371 e. The van der Waals surface area contributed by atoms with Gasteiger partial charge in [0.15, 0.2) is 15.7 Å². The summed E-state index contributed by atoms with van der Waals surface area (Å²) >= 11 is 0. The molecule has 2 aromatic heterocycles. The first-order valence-electron chi connectivity index (χ1n) is 10.7. The highest BCUT2D eigenvalue weighted by atomic mass is 32.2. The van der Waals surface area contributed by atoms with E-state index in [0.29, 0.717) is 25.7 Å². The Bertz CT molecular complexity index is 1300. The highest BCUT2D eigenvalue weighted by Gasteiger charge is 2.46. The van der Waals surface area contributed by atoms with Crippen LogP contribution in [0, 0.1) is 11.6 Å². The van der Waals surface area contributed by atoms with Crippen LogP contribution in [0.5, 0.6) is 0 Å². The van der Waals surface area contributed by atoms with Gasteiger partial charge in [0.05, 0.1) is 28.4 Å². The zero-order valence-corrected chi connectivity index (χ0v) is 18.7. The van der Waals surface area contributed by atoms with E-state index in [1.54, 1.807) is 6.20 Å². The molecule has 0 atom stereocenters. The van der Waals surface area contributed by atoms with Gasteiger partial charge >= 0.3 is 0 Å². The molecule has 32 heavy (non-hydrogen) atoms. The molecule has 6 nitrogen and oxygen atoms in total. The SMILES string of the molecule is CC(C)c1ncc2n1-c1ncccc1NC21CCC(S(=O)(=O)c2cc(F)ccc2F)CC1. The van der Waals surface area contributed by atoms with Gasteiger partial charge in [-0.3, -0.25) is 4.57 Å². The summed E-state index contributed by atoms with van der Waals surface area (Å²) in [5.41, 5.74) is 1.33. The zero-order chi connectivity index (χ0) is 22.7. The summed E-state index contributed by atoms with van der Waals surface area (Å²) in [6, 6.07) is 6.39. The number of anilines is 1. The molecule has 1 spiro atoms. The predicted molar refractivity (Wildman–Crippen MR) is 117 cm³/mol. The van der Waals surface area contributed by atoms with E-state index in [4.69, 9.17) is 0 Å². The van der Waals surface area contributed by atoms with Crippen LogP contribution in [0.1, 0.15) is 57.0 Å². The molecule has 3 heterocycles. The Hall–Kier alpha value is -2.81. The lowest BCUT2D eigenvalue weighted by atomic mass is 9.78. The number of sulfone groups is 1. The van der Waals surface area contributed by atoms with E-state index in [2.05, 4.69) is 33.7 Å². The van der Waals surface area contributed by atoms with Crippen LogP contribution in [0.15, 0.2) is 47.6 Å². The number of aromatic nitrogens is 3. The lowest BCUT2D eigenvalue weighted by Gasteiger charge is -2.44. The topological polar surface area (TPSA) is 76.9 Å². The van der Waals surface area contributed by atoms with Gasteiger partial charge in [0.2, 0.25) is 0 Å². The number of hydrogen-bond donors (Lipinski definition) is 1. The lowest BCUT2D eigenvalue weighted by Crippen LogP contribution is -2.46. The summed E-state index contributed by atoms with van der Waals surface area (Å²) in [6.07, 6.45) is 5.27. The van der Waals surface area contributed by atoms with Gasteiger partial charge in [-0.25, -0.2) is 27.2 Å². The molecule has 1 N–H and O–H groups in total. The number of fused-ring (bicyclic) bond motifs is 4. The summed E-state index contributed by atoms with van der Waals surface area (Å²) in [5, 5.41) is 2.83. The Kier molecular flexibility index (Phi) is 4.85. The Balaban J connectivity index is 1.50. The molecule has 2 aliphatic rings. The van der Waals surface area contributed by atoms with Crippen molar-refractivity contribution in [3.8, 4) is 5.82 Å². The first-order chi connectivity index (χ1) is 15.2. The summed E-state index contributed by atoms with van der Waals surface area (Å²) in [7, 11) is -3.99. The van der Waals surface area contributed by atoms with Crippen molar-refractivity contribution in [3.63, 3.8) is 0 Å². The highest BCUT2D eigenvalue weighted by molar-refractivity contribution is 7.92. The Morgan fingerprint density at radius 3 is 2.62 bits per heavy atom. The minimum atomic E-state index is -3.99. The van der Waals surface area contributed by atoms with Crippen LogP contribution in [0.3, 0.4) is 0 Å². The van der Waals surface area contributed by atoms with Crippen LogP contribution >= 0.6 is 0 Å². The molecule has 1 fully saturated rings. The Labute approximate surface area is 185 Å². The number of pyridine rings is 1. The molecule has 1 aliphatic heterocycles. The van der Waals surface area contributed by atoms with Crippen LogP contribution in [-0.4, -0.2) is 28.2 Å². The number of nitrogens with zero attached hydrogens (tertiary/aromatic N) is 3. The van der Waals surface area contributed by atoms with Gasteiger partial charge in [-0.1, -0.05) is 13.8 Å². The second kappa shape index (κ2) is 7.37. The van der Waals surface area contributed by atoms with Crippen molar-refractivity contribution in [2.24, 2.45) is 0 Å². The van der Waals surface area contributed by atoms with E-state index in [1.165, 1.54) is 0 Å². The first-order valence-corrected chi connectivity index (χ1v) is 12.3. The first kappa shape index (κ1) is 21.1. The van der Waals surface area contributed by atoms with Crippen molar-refractivity contribution in [3.05, 3.63) is 65.9 Å². The number of hydrogen-bond acceptors (Lipinski definition) is 5. The molecule has 9 heteroatoms. The van der Waals surface area contributed by atoms with E-state index < -0.39 is 37.2 Å². The number of halogens is 2. The van der Waals surface area contributed by atoms with Crippen LogP contribution in [0.25, 0.3) is 5.82 Å². The third-order valence-electron chi connectivity index (χ3n) is 6.59. The van der Waals surface area contributed by atoms with Crippen LogP contribution in [0.4, 0.5) is 14.5 Å². The van der Waals surface area contributed by atoms with Gasteiger partial charge in [0.1, 0.15) is 22.4 Å². The summed E-state index contributed by atoms with van der Waals surface area (Å²) in [4.78, 5) is 8.65. The number of nitrogens with one attached hydrogen (secondary N) is 1. The molecule has 1 aliphatic carbocycles. The van der Waals surface area contributed by atoms with E-state index in [0.717, 1.165) is 41.2 Å². The van der Waals surface area contributed by atoms with Gasteiger partial charge in [-0.2, -0.15) is 0 Å². The molecule has 0 saturated heterocycles. The van der Waals surface area contributed by atoms with Crippen molar-refractivity contribution in [1.82, 2.24) is 14.5 Å². The molecular formula is C23H24F2N4O2S. The third kappa shape index (κ3) is 3.13. The number of rotatable bonds is 3. The molecule has 0 bridgehead atoms. The van der Waals surface area contributed by atoms with E-state index in [1.807, 2.05) is 18.3 Å². The second-order valence-corrected chi connectivity index (χ2v) is 11.1. The minimum Gasteiger partial charge on any atom is -0.371 e. The fourth-order valence-corrected chi connectivity index (χ4v) is 6.81. The summed E-state index contributed by atoms with van der Waals surface area (Å²) < 4.78 is 56.2. The number of benzene rings is 1. The smallest absolute Gasteiger partial charge is 0.184 e. The van der Waals surface area contributed by atoms with Gasteiger partial charge in [-0.05, 0) is 56.0 Å².